The van der Waals surface area contributed by atoms with Crippen molar-refractivity contribution >= 4 is 27.5 Å². The number of nitrogens with zero attached hydrogens (tertiary/aromatic N) is 1. The first-order valence-electron chi connectivity index (χ1n) is 7.74. The van der Waals surface area contributed by atoms with Crippen LogP contribution in [-0.2, 0) is 6.42 Å². The van der Waals surface area contributed by atoms with E-state index in [0.29, 0.717) is 0 Å². The van der Waals surface area contributed by atoms with Crippen LogP contribution < -0.4 is 11.0 Å². The van der Waals surface area contributed by atoms with Crippen molar-refractivity contribution < 1.29 is 0 Å². The van der Waals surface area contributed by atoms with Crippen LogP contribution in [0.25, 0.3) is 22.3 Å². The van der Waals surface area contributed by atoms with Crippen molar-refractivity contribution in [1.82, 2.24) is 15.0 Å². The number of rotatable bonds is 5. The Labute approximate surface area is 142 Å². The molecule has 24 heavy (non-hydrogen) atoms. The third-order valence-electron chi connectivity index (χ3n) is 3.85. The highest BCUT2D eigenvalue weighted by Crippen LogP contribution is 2.26. The SMILES string of the molecule is O=c1[nH]c2ccc(-c3csc(NCCc4ccccc4)n3)cc2[nH]1. The highest BCUT2D eigenvalue weighted by atomic mass is 32.1. The Balaban J connectivity index is 1.46. The Morgan fingerprint density at radius 1 is 1.04 bits per heavy atom. The summed E-state index contributed by atoms with van der Waals surface area (Å²) in [7, 11) is 0. The Morgan fingerprint density at radius 3 is 2.75 bits per heavy atom. The van der Waals surface area contributed by atoms with Crippen molar-refractivity contribution in [3.05, 3.63) is 70.0 Å². The van der Waals surface area contributed by atoms with Gasteiger partial charge in [-0.25, -0.2) is 9.78 Å². The first-order valence-corrected chi connectivity index (χ1v) is 8.62. The van der Waals surface area contributed by atoms with Crippen LogP contribution in [-0.4, -0.2) is 21.5 Å². The highest BCUT2D eigenvalue weighted by Gasteiger charge is 2.06. The van der Waals surface area contributed by atoms with Gasteiger partial charge in [0.1, 0.15) is 0 Å². The molecule has 0 aliphatic heterocycles. The zero-order chi connectivity index (χ0) is 16.4. The van der Waals surface area contributed by atoms with Gasteiger partial charge in [0, 0.05) is 17.5 Å². The number of imidazole rings is 1. The summed E-state index contributed by atoms with van der Waals surface area (Å²) in [6, 6.07) is 16.2. The van der Waals surface area contributed by atoms with Crippen LogP contribution in [0.2, 0.25) is 0 Å². The predicted octanol–water partition coefficient (Wildman–Crippen LogP) is 3.63. The summed E-state index contributed by atoms with van der Waals surface area (Å²) in [6.07, 6.45) is 0.965. The standard InChI is InChI=1S/C18H16N4OS/c23-17-20-14-7-6-13(10-15(14)21-17)16-11-24-18(22-16)19-9-8-12-4-2-1-3-5-12/h1-7,10-11H,8-9H2,(H,19,22)(H2,20,21,23). The first-order chi connectivity index (χ1) is 11.8. The molecule has 0 unspecified atom stereocenters. The average Bonchev–Trinajstić information content (AvgIpc) is 3.20. The quantitative estimate of drug-likeness (QED) is 0.521. The van der Waals surface area contributed by atoms with Gasteiger partial charge in [0.25, 0.3) is 0 Å². The average molecular weight is 336 g/mol. The molecule has 0 radical (unpaired) electrons. The topological polar surface area (TPSA) is 73.6 Å². The summed E-state index contributed by atoms with van der Waals surface area (Å²) >= 11 is 1.59. The third-order valence-corrected chi connectivity index (χ3v) is 4.65. The van der Waals surface area contributed by atoms with Gasteiger partial charge in [-0.1, -0.05) is 36.4 Å². The van der Waals surface area contributed by atoms with E-state index in [1.54, 1.807) is 11.3 Å². The second kappa shape index (κ2) is 6.33. The third kappa shape index (κ3) is 3.09. The number of H-pyrrole nitrogens is 2. The fraction of sp³-hybridized carbons (Fsp3) is 0.111. The van der Waals surface area contributed by atoms with Crippen molar-refractivity contribution in [2.45, 2.75) is 6.42 Å². The molecule has 0 aliphatic rings. The molecule has 0 bridgehead atoms. The molecule has 0 amide bonds. The van der Waals surface area contributed by atoms with E-state index in [2.05, 4.69) is 44.5 Å². The molecule has 3 N–H and O–H groups in total. The number of anilines is 1. The van der Waals surface area contributed by atoms with E-state index in [9.17, 15) is 4.79 Å². The minimum Gasteiger partial charge on any atom is -0.361 e. The van der Waals surface area contributed by atoms with Crippen molar-refractivity contribution in [3.8, 4) is 11.3 Å². The molecule has 4 aromatic rings. The van der Waals surface area contributed by atoms with Crippen LogP contribution in [0.3, 0.4) is 0 Å². The Hall–Kier alpha value is -2.86. The number of aromatic nitrogens is 3. The predicted molar refractivity (Wildman–Crippen MR) is 98.7 cm³/mol. The molecule has 0 saturated carbocycles. The van der Waals surface area contributed by atoms with Gasteiger partial charge < -0.3 is 15.3 Å². The molecule has 0 atom stereocenters. The van der Waals surface area contributed by atoms with E-state index in [1.807, 2.05) is 29.6 Å². The second-order valence-electron chi connectivity index (χ2n) is 5.54. The molecule has 120 valence electrons. The number of hydrogen-bond acceptors (Lipinski definition) is 4. The summed E-state index contributed by atoms with van der Waals surface area (Å²) in [5.74, 6) is 0. The summed E-state index contributed by atoms with van der Waals surface area (Å²) < 4.78 is 0. The van der Waals surface area contributed by atoms with Gasteiger partial charge in [0.15, 0.2) is 5.13 Å². The fourth-order valence-electron chi connectivity index (χ4n) is 2.64. The zero-order valence-corrected chi connectivity index (χ0v) is 13.7. The van der Waals surface area contributed by atoms with E-state index in [4.69, 9.17) is 0 Å². The fourth-order valence-corrected chi connectivity index (χ4v) is 3.39. The molecule has 0 aliphatic carbocycles. The van der Waals surface area contributed by atoms with E-state index >= 15 is 0 Å². The molecule has 2 aromatic heterocycles. The maximum Gasteiger partial charge on any atom is 0.323 e. The maximum atomic E-state index is 11.3. The van der Waals surface area contributed by atoms with E-state index in [1.165, 1.54) is 5.56 Å². The van der Waals surface area contributed by atoms with E-state index in [0.717, 1.165) is 40.4 Å². The van der Waals surface area contributed by atoms with Crippen LogP contribution >= 0.6 is 11.3 Å². The highest BCUT2D eigenvalue weighted by molar-refractivity contribution is 7.14. The Bertz CT molecular complexity index is 1020. The monoisotopic (exact) mass is 336 g/mol. The lowest BCUT2D eigenvalue weighted by atomic mass is 10.1. The Morgan fingerprint density at radius 2 is 1.88 bits per heavy atom. The zero-order valence-electron chi connectivity index (χ0n) is 12.9. The van der Waals surface area contributed by atoms with Crippen molar-refractivity contribution in [1.29, 1.82) is 0 Å². The molecular formula is C18H16N4OS. The smallest absolute Gasteiger partial charge is 0.323 e. The summed E-state index contributed by atoms with van der Waals surface area (Å²) in [5.41, 5.74) is 4.62. The Kier molecular flexibility index (Phi) is 3.88. The van der Waals surface area contributed by atoms with Gasteiger partial charge in [-0.3, -0.25) is 0 Å². The molecule has 5 nitrogen and oxygen atoms in total. The maximum absolute atomic E-state index is 11.3. The number of hydrogen-bond donors (Lipinski definition) is 3. The number of thiazole rings is 1. The number of fused-ring (bicyclic) bond motifs is 1. The normalized spacial score (nSPS) is 11.0. The summed E-state index contributed by atoms with van der Waals surface area (Å²) in [5, 5.41) is 6.30. The van der Waals surface area contributed by atoms with E-state index < -0.39 is 0 Å². The van der Waals surface area contributed by atoms with Crippen LogP contribution in [0.4, 0.5) is 5.13 Å². The number of benzene rings is 2. The van der Waals surface area contributed by atoms with E-state index in [-0.39, 0.29) is 5.69 Å². The minimum atomic E-state index is -0.191. The molecule has 0 saturated heterocycles. The van der Waals surface area contributed by atoms with Crippen molar-refractivity contribution in [2.24, 2.45) is 0 Å². The number of aromatic amines is 2. The van der Waals surface area contributed by atoms with Crippen molar-refractivity contribution in [2.75, 3.05) is 11.9 Å². The van der Waals surface area contributed by atoms with Gasteiger partial charge in [0.2, 0.25) is 0 Å². The van der Waals surface area contributed by atoms with Crippen LogP contribution in [0.1, 0.15) is 5.56 Å². The lowest BCUT2D eigenvalue weighted by Gasteiger charge is -2.02. The van der Waals surface area contributed by atoms with Crippen molar-refractivity contribution in [3.63, 3.8) is 0 Å². The molecule has 6 heteroatoms. The summed E-state index contributed by atoms with van der Waals surface area (Å²) in [6.45, 7) is 0.848. The van der Waals surface area contributed by atoms with Crippen LogP contribution in [0.15, 0.2) is 58.7 Å². The van der Waals surface area contributed by atoms with Gasteiger partial charge >= 0.3 is 5.69 Å². The molecule has 2 heterocycles. The van der Waals surface area contributed by atoms with Crippen LogP contribution in [0.5, 0.6) is 0 Å². The van der Waals surface area contributed by atoms with Crippen LogP contribution in [0, 0.1) is 0 Å². The van der Waals surface area contributed by atoms with Gasteiger partial charge in [-0.05, 0) is 24.1 Å². The lowest BCUT2D eigenvalue weighted by molar-refractivity contribution is 1.02. The van der Waals surface area contributed by atoms with Gasteiger partial charge in [0.05, 0.1) is 16.7 Å². The molecule has 4 rings (SSSR count). The largest absolute Gasteiger partial charge is 0.361 e. The minimum absolute atomic E-state index is 0.191. The van der Waals surface area contributed by atoms with Gasteiger partial charge in [-0.2, -0.15) is 0 Å². The molecular weight excluding hydrogens is 320 g/mol. The molecule has 0 fully saturated rings. The molecule has 2 aromatic carbocycles. The summed E-state index contributed by atoms with van der Waals surface area (Å²) in [4.78, 5) is 21.5. The second-order valence-corrected chi connectivity index (χ2v) is 6.40. The number of nitrogens with one attached hydrogen (secondary N) is 3. The van der Waals surface area contributed by atoms with Gasteiger partial charge in [-0.15, -0.1) is 11.3 Å². The lowest BCUT2D eigenvalue weighted by Crippen LogP contribution is -2.04. The molecule has 0 spiro atoms. The first kappa shape index (κ1) is 14.7.